The largest absolute Gasteiger partial charge is 0.497 e. The van der Waals surface area contributed by atoms with Crippen LogP contribution in [0.15, 0.2) is 66.7 Å². The molecule has 0 aliphatic carbocycles. The molecular formula is C26H27N3O5. The van der Waals surface area contributed by atoms with Crippen molar-refractivity contribution in [3.63, 3.8) is 0 Å². The Morgan fingerprint density at radius 2 is 1.76 bits per heavy atom. The van der Waals surface area contributed by atoms with Crippen molar-refractivity contribution in [1.82, 2.24) is 4.90 Å². The molecule has 0 spiro atoms. The first-order valence-electron chi connectivity index (χ1n) is 10.9. The van der Waals surface area contributed by atoms with Crippen LogP contribution in [0.5, 0.6) is 17.2 Å². The van der Waals surface area contributed by atoms with Gasteiger partial charge in [-0.15, -0.1) is 0 Å². The van der Waals surface area contributed by atoms with Crippen molar-refractivity contribution >= 4 is 23.3 Å². The van der Waals surface area contributed by atoms with Crippen molar-refractivity contribution in [2.24, 2.45) is 0 Å². The number of fused-ring (bicyclic) bond motifs is 1. The molecule has 8 nitrogen and oxygen atoms in total. The van der Waals surface area contributed by atoms with E-state index in [1.54, 1.807) is 55.5 Å². The highest BCUT2D eigenvalue weighted by molar-refractivity contribution is 6.00. The summed E-state index contributed by atoms with van der Waals surface area (Å²) in [5.74, 6) is 2.00. The Balaban J connectivity index is 1.43. The zero-order valence-corrected chi connectivity index (χ0v) is 19.2. The molecule has 0 bridgehead atoms. The Kier molecular flexibility index (Phi) is 7.17. The number of carbonyl (C=O) groups is 2. The van der Waals surface area contributed by atoms with Gasteiger partial charge in [0.15, 0.2) is 6.61 Å². The Morgan fingerprint density at radius 3 is 2.56 bits per heavy atom. The topological polar surface area (TPSA) is 89.1 Å². The summed E-state index contributed by atoms with van der Waals surface area (Å²) in [7, 11) is 3.21. The third-order valence-electron chi connectivity index (χ3n) is 5.55. The van der Waals surface area contributed by atoms with Gasteiger partial charge in [0.25, 0.3) is 5.91 Å². The number of ether oxygens (including phenoxy) is 3. The van der Waals surface area contributed by atoms with Crippen molar-refractivity contribution in [2.75, 3.05) is 38.0 Å². The first-order valence-corrected chi connectivity index (χ1v) is 10.9. The highest BCUT2D eigenvalue weighted by atomic mass is 16.5. The van der Waals surface area contributed by atoms with Gasteiger partial charge in [-0.05, 0) is 48.4 Å². The second-order valence-corrected chi connectivity index (χ2v) is 7.80. The molecule has 0 atom stereocenters. The van der Waals surface area contributed by atoms with Crippen LogP contribution in [0.2, 0.25) is 0 Å². The number of urea groups is 1. The van der Waals surface area contributed by atoms with Gasteiger partial charge in [0.1, 0.15) is 17.2 Å². The zero-order chi connectivity index (χ0) is 23.9. The van der Waals surface area contributed by atoms with Crippen LogP contribution in [0.4, 0.5) is 16.2 Å². The average molecular weight is 462 g/mol. The van der Waals surface area contributed by atoms with Crippen LogP contribution in [0.3, 0.4) is 0 Å². The number of carbonyl (C=O) groups excluding carboxylic acids is 2. The predicted molar refractivity (Wildman–Crippen MR) is 130 cm³/mol. The van der Waals surface area contributed by atoms with Crippen molar-refractivity contribution < 1.29 is 23.8 Å². The van der Waals surface area contributed by atoms with Crippen LogP contribution >= 0.6 is 0 Å². The van der Waals surface area contributed by atoms with Crippen molar-refractivity contribution in [1.29, 1.82) is 0 Å². The number of rotatable bonds is 7. The van der Waals surface area contributed by atoms with E-state index in [1.165, 1.54) is 0 Å². The maximum absolute atomic E-state index is 12.7. The fraction of sp³-hybridized carbons (Fsp3) is 0.231. The van der Waals surface area contributed by atoms with Crippen molar-refractivity contribution in [3.8, 4) is 17.2 Å². The van der Waals surface area contributed by atoms with Crippen molar-refractivity contribution in [2.45, 2.75) is 13.0 Å². The minimum absolute atomic E-state index is 0.0258. The third-order valence-corrected chi connectivity index (χ3v) is 5.55. The lowest BCUT2D eigenvalue weighted by Gasteiger charge is -2.21. The average Bonchev–Trinajstić information content (AvgIpc) is 3.01. The fourth-order valence-corrected chi connectivity index (χ4v) is 3.81. The lowest BCUT2D eigenvalue weighted by molar-refractivity contribution is -0.133. The standard InChI is InChI=1S/C26H27N3O5/c1-32-22-8-5-7-20(15-22)27-26(31)28-21-10-11-24-19(14-21)16-29(25(30)17-34-24)13-12-18-6-3-4-9-23(18)33-2/h3-11,14-15H,12-13,16-17H2,1-2H3,(H2,27,28,31). The summed E-state index contributed by atoms with van der Waals surface area (Å²) >= 11 is 0. The van der Waals surface area contributed by atoms with E-state index in [0.717, 1.165) is 16.9 Å². The Morgan fingerprint density at radius 1 is 0.971 bits per heavy atom. The van der Waals surface area contributed by atoms with Gasteiger partial charge < -0.3 is 29.7 Å². The lowest BCUT2D eigenvalue weighted by atomic mass is 10.1. The molecule has 0 fully saturated rings. The van der Waals surface area contributed by atoms with Crippen LogP contribution in [0.1, 0.15) is 11.1 Å². The summed E-state index contributed by atoms with van der Waals surface area (Å²) < 4.78 is 16.3. The molecule has 1 aliphatic rings. The maximum Gasteiger partial charge on any atom is 0.323 e. The Bertz CT molecular complexity index is 1180. The van der Waals surface area contributed by atoms with Crippen LogP contribution in [0.25, 0.3) is 0 Å². The molecule has 8 heteroatoms. The molecule has 0 radical (unpaired) electrons. The van der Waals surface area contributed by atoms with Crippen LogP contribution in [-0.4, -0.2) is 44.2 Å². The molecule has 3 aromatic carbocycles. The number of methoxy groups -OCH3 is 2. The number of benzene rings is 3. The molecule has 0 aromatic heterocycles. The second kappa shape index (κ2) is 10.6. The minimum Gasteiger partial charge on any atom is -0.497 e. The monoisotopic (exact) mass is 461 g/mol. The van der Waals surface area contributed by atoms with Gasteiger partial charge in [-0.2, -0.15) is 0 Å². The normalized spacial score (nSPS) is 12.8. The second-order valence-electron chi connectivity index (χ2n) is 7.80. The molecule has 176 valence electrons. The van der Waals surface area contributed by atoms with E-state index in [0.29, 0.717) is 42.4 Å². The number of nitrogens with zero attached hydrogens (tertiary/aromatic N) is 1. The zero-order valence-electron chi connectivity index (χ0n) is 19.2. The minimum atomic E-state index is -0.383. The Labute approximate surface area is 198 Å². The van der Waals surface area contributed by atoms with Gasteiger partial charge >= 0.3 is 6.03 Å². The van der Waals surface area contributed by atoms with Crippen LogP contribution in [0, 0.1) is 0 Å². The van der Waals surface area contributed by atoms with Gasteiger partial charge in [0.2, 0.25) is 0 Å². The molecule has 0 saturated carbocycles. The van der Waals surface area contributed by atoms with Crippen LogP contribution < -0.4 is 24.8 Å². The molecule has 3 aromatic rings. The number of hydrogen-bond donors (Lipinski definition) is 2. The van der Waals surface area contributed by atoms with E-state index in [9.17, 15) is 9.59 Å². The number of anilines is 2. The number of para-hydroxylation sites is 1. The van der Waals surface area contributed by atoms with Crippen LogP contribution in [-0.2, 0) is 17.8 Å². The number of nitrogens with one attached hydrogen (secondary N) is 2. The van der Waals surface area contributed by atoms with E-state index in [1.807, 2.05) is 30.3 Å². The van der Waals surface area contributed by atoms with Gasteiger partial charge in [-0.1, -0.05) is 24.3 Å². The number of hydrogen-bond acceptors (Lipinski definition) is 5. The fourth-order valence-electron chi connectivity index (χ4n) is 3.81. The summed E-state index contributed by atoms with van der Waals surface area (Å²) in [6.07, 6.45) is 0.659. The van der Waals surface area contributed by atoms with Gasteiger partial charge in [-0.25, -0.2) is 4.79 Å². The molecule has 2 N–H and O–H groups in total. The highest BCUT2D eigenvalue weighted by Crippen LogP contribution is 2.28. The quantitative estimate of drug-likeness (QED) is 0.547. The summed E-state index contributed by atoms with van der Waals surface area (Å²) in [5.41, 5.74) is 3.07. The summed E-state index contributed by atoms with van der Waals surface area (Å²) in [6.45, 7) is 0.883. The summed E-state index contributed by atoms with van der Waals surface area (Å²) in [6, 6.07) is 19.8. The molecular weight excluding hydrogens is 434 g/mol. The molecule has 34 heavy (non-hydrogen) atoms. The third kappa shape index (κ3) is 5.58. The first kappa shape index (κ1) is 23.0. The SMILES string of the molecule is COc1cccc(NC(=O)Nc2ccc3c(c2)CN(CCc2ccccc2OC)C(=O)CO3)c1. The molecule has 1 aliphatic heterocycles. The van der Waals surface area contributed by atoms with Crippen molar-refractivity contribution in [3.05, 3.63) is 77.9 Å². The summed E-state index contributed by atoms with van der Waals surface area (Å²) in [4.78, 5) is 26.9. The van der Waals surface area contributed by atoms with E-state index < -0.39 is 0 Å². The summed E-state index contributed by atoms with van der Waals surface area (Å²) in [5, 5.41) is 5.62. The van der Waals surface area contributed by atoms with E-state index in [-0.39, 0.29) is 18.5 Å². The number of amides is 3. The van der Waals surface area contributed by atoms with Gasteiger partial charge in [0.05, 0.1) is 14.2 Å². The smallest absolute Gasteiger partial charge is 0.323 e. The molecule has 0 saturated heterocycles. The van der Waals surface area contributed by atoms with Gasteiger partial charge in [0, 0.05) is 36.1 Å². The first-order chi connectivity index (χ1) is 16.6. The van der Waals surface area contributed by atoms with E-state index in [2.05, 4.69) is 10.6 Å². The molecule has 1 heterocycles. The maximum atomic E-state index is 12.7. The van der Waals surface area contributed by atoms with E-state index >= 15 is 0 Å². The predicted octanol–water partition coefficient (Wildman–Crippen LogP) is 4.31. The highest BCUT2D eigenvalue weighted by Gasteiger charge is 2.22. The molecule has 4 rings (SSSR count). The molecule has 0 unspecified atom stereocenters. The lowest BCUT2D eigenvalue weighted by Crippen LogP contribution is -2.34. The van der Waals surface area contributed by atoms with Gasteiger partial charge in [-0.3, -0.25) is 4.79 Å². The Hall–Kier alpha value is -4.20. The van der Waals surface area contributed by atoms with E-state index in [4.69, 9.17) is 14.2 Å². The molecule has 3 amide bonds.